The van der Waals surface area contributed by atoms with E-state index in [1.807, 2.05) is 53.4 Å². The van der Waals surface area contributed by atoms with Crippen LogP contribution in [0.1, 0.15) is 12.0 Å². The summed E-state index contributed by atoms with van der Waals surface area (Å²) < 4.78 is 38.6. The van der Waals surface area contributed by atoms with E-state index in [4.69, 9.17) is 4.74 Å². The van der Waals surface area contributed by atoms with Crippen LogP contribution in [-0.4, -0.2) is 32.0 Å². The van der Waals surface area contributed by atoms with Crippen molar-refractivity contribution in [3.8, 4) is 5.75 Å². The van der Waals surface area contributed by atoms with Crippen molar-refractivity contribution in [3.63, 3.8) is 0 Å². The van der Waals surface area contributed by atoms with Crippen LogP contribution in [0, 0.1) is 0 Å². The molecular formula is C16H19N3O4S. The fourth-order valence-electron chi connectivity index (χ4n) is 1.97. The lowest BCUT2D eigenvalue weighted by molar-refractivity contribution is -0.696. The first-order valence-electron chi connectivity index (χ1n) is 7.32. The summed E-state index contributed by atoms with van der Waals surface area (Å²) in [5, 5.41) is 4.15. The second-order valence-electron chi connectivity index (χ2n) is 5.08. The summed E-state index contributed by atoms with van der Waals surface area (Å²) >= 11 is 0. The van der Waals surface area contributed by atoms with Crippen LogP contribution in [0.3, 0.4) is 0 Å². The molecular weight excluding hydrogens is 330 g/mol. The van der Waals surface area contributed by atoms with E-state index in [9.17, 15) is 13.0 Å². The summed E-state index contributed by atoms with van der Waals surface area (Å²) in [5.41, 5.74) is 4.65. The predicted octanol–water partition coefficient (Wildman–Crippen LogP) is 1.36. The Labute approximate surface area is 141 Å². The third-order valence-corrected chi connectivity index (χ3v) is 4.01. The van der Waals surface area contributed by atoms with Gasteiger partial charge in [0.1, 0.15) is 12.3 Å². The molecule has 24 heavy (non-hydrogen) atoms. The van der Waals surface area contributed by atoms with Crippen molar-refractivity contribution in [2.24, 2.45) is 5.10 Å². The largest absolute Gasteiger partial charge is 0.748 e. The molecule has 1 N–H and O–H groups in total. The molecule has 0 amide bonds. The minimum atomic E-state index is -4.15. The number of methoxy groups -OCH3 is 1. The lowest BCUT2D eigenvalue weighted by atomic mass is 10.3. The van der Waals surface area contributed by atoms with E-state index in [1.165, 1.54) is 0 Å². The Kier molecular flexibility index (Phi) is 6.28. The number of nitrogens with zero attached hydrogens (tertiary/aromatic N) is 2. The van der Waals surface area contributed by atoms with Gasteiger partial charge < -0.3 is 9.29 Å². The highest BCUT2D eigenvalue weighted by Gasteiger charge is 2.02. The zero-order valence-corrected chi connectivity index (χ0v) is 14.1. The van der Waals surface area contributed by atoms with E-state index >= 15 is 0 Å². The van der Waals surface area contributed by atoms with Gasteiger partial charge in [-0.3, -0.25) is 5.43 Å². The number of hydrogen-bond acceptors (Lipinski definition) is 6. The summed E-state index contributed by atoms with van der Waals surface area (Å²) in [6, 6.07) is 11.1. The first-order chi connectivity index (χ1) is 11.5. The molecule has 128 valence electrons. The van der Waals surface area contributed by atoms with Crippen LogP contribution < -0.4 is 14.7 Å². The van der Waals surface area contributed by atoms with E-state index < -0.39 is 10.1 Å². The highest BCUT2D eigenvalue weighted by Crippen LogP contribution is 2.14. The first kappa shape index (κ1) is 17.9. The Hall–Kier alpha value is -2.45. The van der Waals surface area contributed by atoms with Crippen molar-refractivity contribution in [2.75, 3.05) is 18.3 Å². The molecule has 0 saturated heterocycles. The number of pyridine rings is 1. The van der Waals surface area contributed by atoms with Crippen LogP contribution in [0.25, 0.3) is 0 Å². The molecule has 0 aliphatic heterocycles. The molecule has 1 aromatic carbocycles. The van der Waals surface area contributed by atoms with Gasteiger partial charge in [0.25, 0.3) is 0 Å². The zero-order valence-electron chi connectivity index (χ0n) is 13.3. The number of hydrogen-bond donors (Lipinski definition) is 1. The quantitative estimate of drug-likeness (QED) is 0.336. The molecule has 0 unspecified atom stereocenters. The normalized spacial score (nSPS) is 11.6. The van der Waals surface area contributed by atoms with Gasteiger partial charge in [-0.1, -0.05) is 0 Å². The van der Waals surface area contributed by atoms with Crippen molar-refractivity contribution < 1.29 is 22.3 Å². The number of nitrogens with one attached hydrogen (secondary N) is 1. The van der Waals surface area contributed by atoms with Crippen LogP contribution in [0.5, 0.6) is 5.75 Å². The molecule has 0 saturated carbocycles. The molecule has 1 heterocycles. The lowest BCUT2D eigenvalue weighted by Crippen LogP contribution is -2.33. The van der Waals surface area contributed by atoms with Crippen LogP contribution in [0.4, 0.5) is 5.69 Å². The van der Waals surface area contributed by atoms with Gasteiger partial charge in [0, 0.05) is 29.9 Å². The van der Waals surface area contributed by atoms with E-state index in [0.29, 0.717) is 13.0 Å². The Balaban J connectivity index is 1.84. The molecule has 0 bridgehead atoms. The highest BCUT2D eigenvalue weighted by molar-refractivity contribution is 7.85. The SMILES string of the molecule is COc1ccc(N/N=C/c2cc[n+](CCCS(=O)(=O)[O-])cc2)cc1. The van der Waals surface area contributed by atoms with Gasteiger partial charge in [0.05, 0.1) is 29.1 Å². The second kappa shape index (κ2) is 8.42. The number of hydrazone groups is 1. The monoisotopic (exact) mass is 349 g/mol. The van der Waals surface area contributed by atoms with Gasteiger partial charge in [-0.25, -0.2) is 13.0 Å². The summed E-state index contributed by atoms with van der Waals surface area (Å²) in [6.45, 7) is 0.475. The third-order valence-electron chi connectivity index (χ3n) is 3.22. The fourth-order valence-corrected chi connectivity index (χ4v) is 2.46. The van der Waals surface area contributed by atoms with Crippen molar-refractivity contribution in [2.45, 2.75) is 13.0 Å². The minimum Gasteiger partial charge on any atom is -0.748 e. The Morgan fingerprint density at radius 2 is 1.88 bits per heavy atom. The van der Waals surface area contributed by atoms with E-state index in [0.717, 1.165) is 17.0 Å². The first-order valence-corrected chi connectivity index (χ1v) is 8.90. The molecule has 0 radical (unpaired) electrons. The molecule has 0 atom stereocenters. The van der Waals surface area contributed by atoms with Crippen LogP contribution in [0.15, 0.2) is 53.9 Å². The summed E-state index contributed by atoms with van der Waals surface area (Å²) in [5.74, 6) is 0.427. The Morgan fingerprint density at radius 1 is 1.21 bits per heavy atom. The van der Waals surface area contributed by atoms with Gasteiger partial charge >= 0.3 is 0 Å². The average molecular weight is 349 g/mol. The minimum absolute atomic E-state index is 0.295. The number of rotatable bonds is 8. The standard InChI is InChI=1S/C16H19N3O4S/c1-23-16-5-3-15(4-6-16)18-17-13-14-7-10-19(11-8-14)9-2-12-24(20,21)22/h3-8,10-11,13H,2,9,12H2,1H3,(H,20,21,22). The maximum Gasteiger partial charge on any atom is 0.169 e. The molecule has 0 spiro atoms. The zero-order chi connectivity index (χ0) is 17.4. The number of aryl methyl sites for hydroxylation is 1. The van der Waals surface area contributed by atoms with Crippen molar-refractivity contribution in [3.05, 3.63) is 54.4 Å². The number of ether oxygens (including phenoxy) is 1. The molecule has 0 aliphatic carbocycles. The fraction of sp³-hybridized carbons (Fsp3) is 0.250. The van der Waals surface area contributed by atoms with E-state index in [2.05, 4.69) is 10.5 Å². The van der Waals surface area contributed by atoms with Crippen molar-refractivity contribution in [1.82, 2.24) is 0 Å². The number of benzene rings is 1. The topological polar surface area (TPSA) is 94.7 Å². The van der Waals surface area contributed by atoms with Gasteiger partial charge in [0.15, 0.2) is 12.4 Å². The molecule has 1 aromatic heterocycles. The predicted molar refractivity (Wildman–Crippen MR) is 90.0 cm³/mol. The number of anilines is 1. The molecule has 0 fully saturated rings. The van der Waals surface area contributed by atoms with Gasteiger partial charge in [0.2, 0.25) is 0 Å². The Morgan fingerprint density at radius 3 is 2.46 bits per heavy atom. The van der Waals surface area contributed by atoms with Crippen molar-refractivity contribution in [1.29, 1.82) is 0 Å². The van der Waals surface area contributed by atoms with Crippen LogP contribution in [-0.2, 0) is 16.7 Å². The summed E-state index contributed by atoms with van der Waals surface area (Å²) in [6.07, 6.45) is 5.60. The van der Waals surface area contributed by atoms with Crippen molar-refractivity contribution >= 4 is 22.0 Å². The second-order valence-corrected chi connectivity index (χ2v) is 6.61. The van der Waals surface area contributed by atoms with Crippen LogP contribution >= 0.6 is 0 Å². The molecule has 2 rings (SSSR count). The maximum absolute atomic E-state index is 10.6. The van der Waals surface area contributed by atoms with Gasteiger partial charge in [-0.15, -0.1) is 0 Å². The highest BCUT2D eigenvalue weighted by atomic mass is 32.2. The molecule has 2 aromatic rings. The van der Waals surface area contributed by atoms with E-state index in [-0.39, 0.29) is 5.75 Å². The molecule has 7 nitrogen and oxygen atoms in total. The van der Waals surface area contributed by atoms with E-state index in [1.54, 1.807) is 13.3 Å². The van der Waals surface area contributed by atoms with Gasteiger partial charge in [-0.05, 0) is 24.3 Å². The lowest BCUT2D eigenvalue weighted by Gasteiger charge is -2.04. The maximum atomic E-state index is 10.6. The number of aromatic nitrogens is 1. The van der Waals surface area contributed by atoms with Crippen LogP contribution in [0.2, 0.25) is 0 Å². The van der Waals surface area contributed by atoms with Gasteiger partial charge in [-0.2, -0.15) is 5.10 Å². The molecule has 0 aliphatic rings. The summed E-state index contributed by atoms with van der Waals surface area (Å²) in [4.78, 5) is 0. The third kappa shape index (κ3) is 6.35. The average Bonchev–Trinajstić information content (AvgIpc) is 2.56. The molecule has 8 heteroatoms. The summed E-state index contributed by atoms with van der Waals surface area (Å²) in [7, 11) is -2.53. The smallest absolute Gasteiger partial charge is 0.169 e. The Bertz CT molecular complexity index is 772.